The summed E-state index contributed by atoms with van der Waals surface area (Å²) in [6.07, 6.45) is -2.52. The number of rotatable bonds is 8. The van der Waals surface area contributed by atoms with E-state index in [1.54, 1.807) is 13.8 Å². The van der Waals surface area contributed by atoms with Gasteiger partial charge in [0, 0.05) is 12.3 Å². The van der Waals surface area contributed by atoms with Gasteiger partial charge in [-0.3, -0.25) is 19.1 Å². The minimum absolute atomic E-state index is 0.00164. The number of hydrogen-bond donors (Lipinski definition) is 4. The Hall–Kier alpha value is -1.53. The first-order chi connectivity index (χ1) is 13.4. The molecule has 13 heteroatoms. The molecule has 1 aromatic rings. The van der Waals surface area contributed by atoms with E-state index in [4.69, 9.17) is 26.2 Å². The maximum Gasteiger partial charge on any atom is 0.613 e. The van der Waals surface area contributed by atoms with Crippen molar-refractivity contribution in [2.45, 2.75) is 63.9 Å². The minimum atomic E-state index is -2.47. The molecule has 162 valence electrons. The van der Waals surface area contributed by atoms with Crippen molar-refractivity contribution < 1.29 is 33.6 Å². The molecular weight excluding hydrogens is 425 g/mol. The fraction of sp³-hybridized carbons (Fsp3) is 0.688. The van der Waals surface area contributed by atoms with Crippen LogP contribution in [-0.4, -0.2) is 62.3 Å². The molecule has 2 rings (SSSR count). The number of ether oxygens (including phenoxy) is 2. The third kappa shape index (κ3) is 5.76. The number of aromatic amines is 1. The number of esters is 1. The molecule has 11 nitrogen and oxygen atoms in total. The zero-order valence-corrected chi connectivity index (χ0v) is 18.1. The van der Waals surface area contributed by atoms with Crippen molar-refractivity contribution >= 4 is 26.4 Å². The van der Waals surface area contributed by atoms with Crippen LogP contribution < -0.4 is 10.6 Å². The number of aliphatic hydroxyl groups excluding tert-OH is 1. The lowest BCUT2D eigenvalue weighted by Crippen LogP contribution is -2.44. The quantitative estimate of drug-likeness (QED) is 0.250. The van der Waals surface area contributed by atoms with E-state index in [0.717, 1.165) is 0 Å². The molecule has 4 N–H and O–H groups in total. The van der Waals surface area contributed by atoms with Gasteiger partial charge in [0.1, 0.15) is 30.5 Å². The Morgan fingerprint density at radius 1 is 1.52 bits per heavy atom. The molecule has 29 heavy (non-hydrogen) atoms. The van der Waals surface area contributed by atoms with E-state index >= 15 is 0 Å². The van der Waals surface area contributed by atoms with Crippen molar-refractivity contribution in [1.29, 1.82) is 0 Å². The van der Waals surface area contributed by atoms with Gasteiger partial charge in [0.15, 0.2) is 11.0 Å². The van der Waals surface area contributed by atoms with Crippen molar-refractivity contribution in [2.24, 2.45) is 0 Å². The third-order valence-corrected chi connectivity index (χ3v) is 5.51. The smallest absolute Gasteiger partial charge is 0.462 e. The van der Waals surface area contributed by atoms with E-state index in [-0.39, 0.29) is 17.5 Å². The van der Waals surface area contributed by atoms with Gasteiger partial charge < -0.3 is 19.7 Å². The van der Waals surface area contributed by atoms with Crippen molar-refractivity contribution in [3.05, 3.63) is 27.4 Å². The molecule has 1 saturated heterocycles. The average Bonchev–Trinajstić information content (AvgIpc) is 2.82. The average molecular weight is 450 g/mol. The second kappa shape index (κ2) is 9.52. The topological polar surface area (TPSA) is 152 Å². The molecule has 0 aromatic carbocycles. The van der Waals surface area contributed by atoms with Gasteiger partial charge in [-0.15, -0.1) is 4.52 Å². The Bertz CT molecular complexity index is 870. The van der Waals surface area contributed by atoms with Gasteiger partial charge in [0.05, 0.1) is 6.10 Å². The lowest BCUT2D eigenvalue weighted by atomic mass is 9.96. The van der Waals surface area contributed by atoms with Gasteiger partial charge >= 0.3 is 14.1 Å². The molecule has 3 unspecified atom stereocenters. The van der Waals surface area contributed by atoms with Crippen LogP contribution in [-0.2, 0) is 23.4 Å². The van der Waals surface area contributed by atoms with Crippen LogP contribution in [0.3, 0.4) is 0 Å². The monoisotopic (exact) mass is 450 g/mol. The Morgan fingerprint density at radius 3 is 2.76 bits per heavy atom. The Morgan fingerprint density at radius 2 is 2.17 bits per heavy atom. The maximum absolute atomic E-state index is 12.1. The van der Waals surface area contributed by atoms with Crippen LogP contribution >= 0.6 is 20.4 Å². The van der Waals surface area contributed by atoms with Gasteiger partial charge in [-0.2, -0.15) is 0 Å². The predicted molar refractivity (Wildman–Crippen MR) is 104 cm³/mol. The van der Waals surface area contributed by atoms with Gasteiger partial charge in [-0.05, 0) is 44.5 Å². The van der Waals surface area contributed by atoms with Crippen LogP contribution in [0.4, 0.5) is 0 Å². The summed E-state index contributed by atoms with van der Waals surface area (Å²) < 4.78 is 29.2. The Kier molecular flexibility index (Phi) is 7.80. The van der Waals surface area contributed by atoms with Crippen LogP contribution in [0.2, 0.25) is 0 Å². The van der Waals surface area contributed by atoms with Crippen molar-refractivity contribution in [3.8, 4) is 0 Å². The summed E-state index contributed by atoms with van der Waals surface area (Å²) in [5, 5.41) is 23.5. The summed E-state index contributed by atoms with van der Waals surface area (Å²) in [6.45, 7) is 5.87. The first kappa shape index (κ1) is 23.7. The molecule has 1 fully saturated rings. The number of aromatic nitrogens is 2. The predicted octanol–water partition coefficient (Wildman–Crippen LogP) is 0.519. The number of carbonyl (C=O) groups is 1. The number of H-pyrrole nitrogens is 1. The molecule has 2 heterocycles. The zero-order valence-electron chi connectivity index (χ0n) is 16.4. The number of hydrogen-bond acceptors (Lipinski definition) is 9. The lowest BCUT2D eigenvalue weighted by molar-refractivity contribution is -0.149. The standard InChI is InChI=1S/C16H24N3O8PS/c1-8(2)26-13(22)9(3)18-28(24)25-7-10-12(21)16(4,23)14(27-10)19-6-5-11(20)17-15(19)29/h5-6,8-10,12,14,21,23H,7H2,1-4H3,(H-,17,18,20,24,29)/p+1/t9-,10?,12-,14+,16?/m0/s1. The van der Waals surface area contributed by atoms with E-state index in [1.807, 2.05) is 0 Å². The molecule has 0 amide bonds. The molecular formula is C16H25N3O8PS+. The highest BCUT2D eigenvalue weighted by molar-refractivity contribution is 7.71. The van der Waals surface area contributed by atoms with Crippen molar-refractivity contribution in [2.75, 3.05) is 6.61 Å². The molecule has 1 aliphatic heterocycles. The highest BCUT2D eigenvalue weighted by atomic mass is 32.1. The second-order valence-corrected chi connectivity index (χ2v) is 8.52. The number of carbonyl (C=O) groups excluding carboxylic acids is 1. The van der Waals surface area contributed by atoms with Gasteiger partial charge in [0.2, 0.25) is 0 Å². The van der Waals surface area contributed by atoms with Gasteiger partial charge in [0.25, 0.3) is 5.56 Å². The molecule has 0 aliphatic carbocycles. The molecule has 1 aliphatic rings. The van der Waals surface area contributed by atoms with E-state index in [2.05, 4.69) is 10.1 Å². The van der Waals surface area contributed by atoms with Crippen molar-refractivity contribution in [1.82, 2.24) is 14.6 Å². The number of nitrogens with zero attached hydrogens (tertiary/aromatic N) is 1. The molecule has 0 bridgehead atoms. The first-order valence-corrected chi connectivity index (χ1v) is 10.5. The first-order valence-electron chi connectivity index (χ1n) is 8.87. The van der Waals surface area contributed by atoms with Crippen LogP contribution in [0.25, 0.3) is 0 Å². The van der Waals surface area contributed by atoms with Crippen LogP contribution in [0.5, 0.6) is 0 Å². The summed E-state index contributed by atoms with van der Waals surface area (Å²) >= 11 is 5.07. The highest BCUT2D eigenvalue weighted by Crippen LogP contribution is 2.39. The Balaban J connectivity index is 2.00. The third-order valence-electron chi connectivity index (χ3n) is 4.22. The normalized spacial score (nSPS) is 28.4. The van der Waals surface area contributed by atoms with E-state index in [9.17, 15) is 24.4 Å². The lowest BCUT2D eigenvalue weighted by Gasteiger charge is -2.27. The Labute approximate surface area is 172 Å². The van der Waals surface area contributed by atoms with Crippen LogP contribution in [0.15, 0.2) is 17.1 Å². The zero-order chi connectivity index (χ0) is 21.9. The molecule has 1 aromatic heterocycles. The summed E-state index contributed by atoms with van der Waals surface area (Å²) in [6, 6.07) is 0.329. The van der Waals surface area contributed by atoms with Crippen LogP contribution in [0.1, 0.15) is 33.9 Å². The van der Waals surface area contributed by atoms with Gasteiger partial charge in [-0.25, -0.2) is 0 Å². The fourth-order valence-corrected chi connectivity index (χ4v) is 3.75. The van der Waals surface area contributed by atoms with E-state index in [0.29, 0.717) is 0 Å². The van der Waals surface area contributed by atoms with Crippen LogP contribution in [0, 0.1) is 4.77 Å². The molecule has 6 atom stereocenters. The largest absolute Gasteiger partial charge is 0.613 e. The maximum atomic E-state index is 12.1. The summed E-state index contributed by atoms with van der Waals surface area (Å²) in [4.78, 5) is 25.5. The summed E-state index contributed by atoms with van der Waals surface area (Å²) in [7, 11) is -2.47. The highest BCUT2D eigenvalue weighted by Gasteiger charge is 2.54. The summed E-state index contributed by atoms with van der Waals surface area (Å²) in [5.74, 6) is -0.584. The summed E-state index contributed by atoms with van der Waals surface area (Å²) in [5.41, 5.74) is -2.18. The minimum Gasteiger partial charge on any atom is -0.462 e. The van der Waals surface area contributed by atoms with Gasteiger partial charge in [-0.1, -0.05) is 5.09 Å². The fourth-order valence-electron chi connectivity index (χ4n) is 2.71. The van der Waals surface area contributed by atoms with E-state index < -0.39 is 49.8 Å². The number of aliphatic hydroxyl groups is 2. The molecule has 0 radical (unpaired) electrons. The molecule has 0 saturated carbocycles. The number of nitrogens with one attached hydrogen (secondary N) is 2. The van der Waals surface area contributed by atoms with E-state index in [1.165, 1.54) is 30.7 Å². The second-order valence-electron chi connectivity index (χ2n) is 7.10. The molecule has 0 spiro atoms. The van der Waals surface area contributed by atoms with Crippen molar-refractivity contribution in [3.63, 3.8) is 0 Å². The SMILES string of the molecule is CC(C)OC(=O)[C@H](C)N[P+](=O)OCC1O[C@@H](n2ccc(=O)[nH]c2=S)C(C)(O)[C@H]1O.